The third-order valence-corrected chi connectivity index (χ3v) is 3.38. The predicted octanol–water partition coefficient (Wildman–Crippen LogP) is 4.28. The van der Waals surface area contributed by atoms with E-state index in [1.807, 2.05) is 0 Å². The second-order valence-corrected chi connectivity index (χ2v) is 4.97. The van der Waals surface area contributed by atoms with Crippen molar-refractivity contribution in [1.29, 1.82) is 0 Å². The Morgan fingerprint density at radius 3 is 2.58 bits per heavy atom. The molecule has 0 radical (unpaired) electrons. The second kappa shape index (κ2) is 8.92. The lowest BCUT2D eigenvalue weighted by Crippen LogP contribution is -2.28. The SMILES string of the molecule is CCCCC(CCC)NCc1ccc(OC)cc1F. The van der Waals surface area contributed by atoms with Gasteiger partial charge in [-0.15, -0.1) is 0 Å². The zero-order chi connectivity index (χ0) is 14.1. The Balaban J connectivity index is 2.53. The van der Waals surface area contributed by atoms with Gasteiger partial charge in [-0.1, -0.05) is 39.2 Å². The minimum atomic E-state index is -0.197. The molecule has 0 amide bonds. The van der Waals surface area contributed by atoms with Crippen LogP contribution in [0.1, 0.15) is 51.5 Å². The molecule has 0 aromatic heterocycles. The molecule has 0 bridgehead atoms. The van der Waals surface area contributed by atoms with Gasteiger partial charge in [0.1, 0.15) is 11.6 Å². The van der Waals surface area contributed by atoms with E-state index in [0.717, 1.165) is 12.8 Å². The highest BCUT2D eigenvalue weighted by molar-refractivity contribution is 5.28. The van der Waals surface area contributed by atoms with E-state index in [1.54, 1.807) is 19.2 Å². The number of hydrogen-bond donors (Lipinski definition) is 1. The van der Waals surface area contributed by atoms with Crippen molar-refractivity contribution < 1.29 is 9.13 Å². The van der Waals surface area contributed by atoms with Crippen LogP contribution >= 0.6 is 0 Å². The summed E-state index contributed by atoms with van der Waals surface area (Å²) in [6.45, 7) is 4.98. The molecule has 0 spiro atoms. The smallest absolute Gasteiger partial charge is 0.131 e. The molecule has 0 saturated heterocycles. The predicted molar refractivity (Wildman–Crippen MR) is 78.0 cm³/mol. The summed E-state index contributed by atoms with van der Waals surface area (Å²) in [5.74, 6) is 0.370. The van der Waals surface area contributed by atoms with E-state index in [0.29, 0.717) is 23.9 Å². The summed E-state index contributed by atoms with van der Waals surface area (Å²) in [6.07, 6.45) is 5.91. The van der Waals surface area contributed by atoms with Crippen LogP contribution < -0.4 is 10.1 Å². The summed E-state index contributed by atoms with van der Waals surface area (Å²) in [5.41, 5.74) is 0.707. The van der Waals surface area contributed by atoms with Gasteiger partial charge in [-0.05, 0) is 18.9 Å². The molecule has 1 N–H and O–H groups in total. The summed E-state index contributed by atoms with van der Waals surface area (Å²) in [4.78, 5) is 0. The number of nitrogens with one attached hydrogen (secondary N) is 1. The molecule has 0 heterocycles. The monoisotopic (exact) mass is 267 g/mol. The first kappa shape index (κ1) is 16.0. The molecule has 0 saturated carbocycles. The second-order valence-electron chi connectivity index (χ2n) is 4.97. The van der Waals surface area contributed by atoms with Crippen molar-refractivity contribution in [3.63, 3.8) is 0 Å². The molecule has 0 aliphatic rings. The summed E-state index contributed by atoms with van der Waals surface area (Å²) >= 11 is 0. The molecule has 108 valence electrons. The van der Waals surface area contributed by atoms with E-state index in [4.69, 9.17) is 4.74 Å². The van der Waals surface area contributed by atoms with E-state index in [1.165, 1.54) is 25.3 Å². The van der Waals surface area contributed by atoms with E-state index < -0.39 is 0 Å². The average Bonchev–Trinajstić information content (AvgIpc) is 2.42. The first-order valence-corrected chi connectivity index (χ1v) is 7.27. The van der Waals surface area contributed by atoms with Crippen LogP contribution in [0.5, 0.6) is 5.75 Å². The molecule has 1 rings (SSSR count). The Morgan fingerprint density at radius 1 is 1.21 bits per heavy atom. The molecule has 1 aromatic rings. The molecule has 1 aromatic carbocycles. The van der Waals surface area contributed by atoms with Gasteiger partial charge in [-0.3, -0.25) is 0 Å². The highest BCUT2D eigenvalue weighted by Crippen LogP contribution is 2.17. The fraction of sp³-hybridized carbons (Fsp3) is 0.625. The summed E-state index contributed by atoms with van der Waals surface area (Å²) in [6, 6.07) is 5.54. The van der Waals surface area contributed by atoms with E-state index in [9.17, 15) is 4.39 Å². The van der Waals surface area contributed by atoms with Crippen LogP contribution in [0.25, 0.3) is 0 Å². The van der Waals surface area contributed by atoms with Gasteiger partial charge in [0.15, 0.2) is 0 Å². The molecule has 2 nitrogen and oxygen atoms in total. The fourth-order valence-corrected chi connectivity index (χ4v) is 2.20. The highest BCUT2D eigenvalue weighted by atomic mass is 19.1. The first-order chi connectivity index (χ1) is 9.21. The third kappa shape index (κ3) is 5.60. The topological polar surface area (TPSA) is 21.3 Å². The van der Waals surface area contributed by atoms with Gasteiger partial charge in [0.05, 0.1) is 7.11 Å². The Kier molecular flexibility index (Phi) is 7.49. The molecule has 0 aliphatic carbocycles. The van der Waals surface area contributed by atoms with Crippen LogP contribution in [0.15, 0.2) is 18.2 Å². The van der Waals surface area contributed by atoms with Crippen molar-refractivity contribution in [2.75, 3.05) is 7.11 Å². The zero-order valence-corrected chi connectivity index (χ0v) is 12.3. The fourth-order valence-electron chi connectivity index (χ4n) is 2.20. The normalized spacial score (nSPS) is 12.4. The number of ether oxygens (including phenoxy) is 1. The molecule has 19 heavy (non-hydrogen) atoms. The van der Waals surface area contributed by atoms with Crippen LogP contribution in [-0.2, 0) is 6.54 Å². The molecule has 1 unspecified atom stereocenters. The van der Waals surface area contributed by atoms with Crippen molar-refractivity contribution in [2.45, 2.75) is 58.5 Å². The molecule has 0 fully saturated rings. The van der Waals surface area contributed by atoms with Crippen molar-refractivity contribution >= 4 is 0 Å². The maximum absolute atomic E-state index is 13.8. The van der Waals surface area contributed by atoms with Gasteiger partial charge >= 0.3 is 0 Å². The standard InChI is InChI=1S/C16H26FNO/c1-4-6-8-14(7-5-2)18-12-13-9-10-15(19-3)11-16(13)17/h9-11,14,18H,4-8,12H2,1-3H3. The van der Waals surface area contributed by atoms with Gasteiger partial charge in [-0.2, -0.15) is 0 Å². The van der Waals surface area contributed by atoms with Gasteiger partial charge in [-0.25, -0.2) is 4.39 Å². The number of methoxy groups -OCH3 is 1. The van der Waals surface area contributed by atoms with Crippen LogP contribution in [0.3, 0.4) is 0 Å². The number of rotatable bonds is 9. The summed E-state index contributed by atoms with van der Waals surface area (Å²) < 4.78 is 18.8. The lowest BCUT2D eigenvalue weighted by atomic mass is 10.0. The number of unbranched alkanes of at least 4 members (excludes halogenated alkanes) is 1. The lowest BCUT2D eigenvalue weighted by molar-refractivity contribution is 0.408. The quantitative estimate of drug-likeness (QED) is 0.721. The number of benzene rings is 1. The van der Waals surface area contributed by atoms with Gasteiger partial charge < -0.3 is 10.1 Å². The van der Waals surface area contributed by atoms with Crippen LogP contribution in [0.4, 0.5) is 4.39 Å². The Morgan fingerprint density at radius 2 is 2.00 bits per heavy atom. The average molecular weight is 267 g/mol. The van der Waals surface area contributed by atoms with E-state index in [2.05, 4.69) is 19.2 Å². The van der Waals surface area contributed by atoms with E-state index in [-0.39, 0.29) is 5.82 Å². The van der Waals surface area contributed by atoms with Crippen molar-refractivity contribution in [1.82, 2.24) is 5.32 Å². The molecular formula is C16H26FNO. The molecule has 0 aliphatic heterocycles. The zero-order valence-electron chi connectivity index (χ0n) is 12.3. The maximum atomic E-state index is 13.8. The van der Waals surface area contributed by atoms with Crippen LogP contribution in [0, 0.1) is 5.82 Å². The van der Waals surface area contributed by atoms with Gasteiger partial charge in [0.2, 0.25) is 0 Å². The Labute approximate surface area is 116 Å². The Bertz CT molecular complexity index is 368. The van der Waals surface area contributed by atoms with Crippen molar-refractivity contribution in [3.05, 3.63) is 29.6 Å². The van der Waals surface area contributed by atoms with Crippen molar-refractivity contribution in [2.24, 2.45) is 0 Å². The van der Waals surface area contributed by atoms with Gasteiger partial charge in [0.25, 0.3) is 0 Å². The molecular weight excluding hydrogens is 241 g/mol. The largest absolute Gasteiger partial charge is 0.497 e. The lowest BCUT2D eigenvalue weighted by Gasteiger charge is -2.18. The van der Waals surface area contributed by atoms with Crippen LogP contribution in [0.2, 0.25) is 0 Å². The third-order valence-electron chi connectivity index (χ3n) is 3.38. The maximum Gasteiger partial charge on any atom is 0.131 e. The molecule has 3 heteroatoms. The summed E-state index contributed by atoms with van der Waals surface area (Å²) in [7, 11) is 1.55. The van der Waals surface area contributed by atoms with E-state index >= 15 is 0 Å². The Hall–Kier alpha value is -1.09. The van der Waals surface area contributed by atoms with Crippen LogP contribution in [-0.4, -0.2) is 13.2 Å². The number of hydrogen-bond acceptors (Lipinski definition) is 2. The molecule has 1 atom stereocenters. The first-order valence-electron chi connectivity index (χ1n) is 7.27. The van der Waals surface area contributed by atoms with Crippen molar-refractivity contribution in [3.8, 4) is 5.75 Å². The highest BCUT2D eigenvalue weighted by Gasteiger charge is 2.09. The van der Waals surface area contributed by atoms with Gasteiger partial charge in [0, 0.05) is 24.2 Å². The minimum Gasteiger partial charge on any atom is -0.497 e. The number of halogens is 1. The summed E-state index contributed by atoms with van der Waals surface area (Å²) in [5, 5.41) is 3.47. The minimum absolute atomic E-state index is 0.197.